The lowest BCUT2D eigenvalue weighted by atomic mass is 9.91. The zero-order valence-corrected chi connectivity index (χ0v) is 11.3. The van der Waals surface area contributed by atoms with Crippen LogP contribution in [0.15, 0.2) is 18.2 Å². The highest BCUT2D eigenvalue weighted by molar-refractivity contribution is 6.30. The van der Waals surface area contributed by atoms with Crippen LogP contribution in [-0.4, -0.2) is 6.04 Å². The Bertz CT molecular complexity index is 354. The van der Waals surface area contributed by atoms with E-state index in [2.05, 4.69) is 13.8 Å². The summed E-state index contributed by atoms with van der Waals surface area (Å²) in [6.07, 6.45) is 4.23. The molecule has 0 saturated carbocycles. The van der Waals surface area contributed by atoms with Crippen molar-refractivity contribution in [3.63, 3.8) is 0 Å². The first-order valence-electron chi connectivity index (χ1n) is 6.24. The van der Waals surface area contributed by atoms with Crippen LogP contribution < -0.4 is 5.73 Å². The number of unbranched alkanes of at least 4 members (excludes halogenated alkanes) is 1. The lowest BCUT2D eigenvalue weighted by Gasteiger charge is -2.19. The first kappa shape index (κ1) is 14.5. The third kappa shape index (κ3) is 4.64. The molecule has 3 heteroatoms. The predicted molar refractivity (Wildman–Crippen MR) is 71.8 cm³/mol. The van der Waals surface area contributed by atoms with Gasteiger partial charge in [0, 0.05) is 6.04 Å². The third-order valence-electron chi connectivity index (χ3n) is 3.20. The largest absolute Gasteiger partial charge is 0.327 e. The van der Waals surface area contributed by atoms with Gasteiger partial charge >= 0.3 is 0 Å². The van der Waals surface area contributed by atoms with Gasteiger partial charge in [0.15, 0.2) is 0 Å². The van der Waals surface area contributed by atoms with Crippen LogP contribution in [0, 0.1) is 11.7 Å². The van der Waals surface area contributed by atoms with Crippen LogP contribution in [0.4, 0.5) is 4.39 Å². The van der Waals surface area contributed by atoms with Crippen molar-refractivity contribution < 1.29 is 4.39 Å². The molecule has 0 radical (unpaired) electrons. The average molecular weight is 258 g/mol. The summed E-state index contributed by atoms with van der Waals surface area (Å²) < 4.78 is 13.3. The SMILES string of the molecule is CCCCC(C)C(N)Cc1ccc(Cl)c(F)c1. The van der Waals surface area contributed by atoms with E-state index in [0.29, 0.717) is 12.3 Å². The van der Waals surface area contributed by atoms with Crippen LogP contribution in [-0.2, 0) is 6.42 Å². The molecule has 96 valence electrons. The summed E-state index contributed by atoms with van der Waals surface area (Å²) in [5.74, 6) is 0.103. The van der Waals surface area contributed by atoms with E-state index in [9.17, 15) is 4.39 Å². The number of benzene rings is 1. The van der Waals surface area contributed by atoms with Gasteiger partial charge in [-0.15, -0.1) is 0 Å². The minimum atomic E-state index is -0.363. The van der Waals surface area contributed by atoms with Gasteiger partial charge in [0.25, 0.3) is 0 Å². The second-order valence-electron chi connectivity index (χ2n) is 4.74. The molecule has 0 spiro atoms. The van der Waals surface area contributed by atoms with Crippen molar-refractivity contribution in [3.8, 4) is 0 Å². The predicted octanol–water partition coefficient (Wildman–Crippen LogP) is 4.18. The standard InChI is InChI=1S/C14H21ClFN/c1-3-4-5-10(2)14(17)9-11-6-7-12(15)13(16)8-11/h6-8,10,14H,3-5,9,17H2,1-2H3. The summed E-state index contributed by atoms with van der Waals surface area (Å²) in [5.41, 5.74) is 7.04. The Morgan fingerprint density at radius 1 is 1.41 bits per heavy atom. The Morgan fingerprint density at radius 2 is 2.12 bits per heavy atom. The lowest BCUT2D eigenvalue weighted by molar-refractivity contribution is 0.410. The van der Waals surface area contributed by atoms with Gasteiger partial charge in [-0.05, 0) is 36.5 Å². The Labute approximate surface area is 108 Å². The molecule has 2 N–H and O–H groups in total. The molecule has 0 fully saturated rings. The van der Waals surface area contributed by atoms with Gasteiger partial charge < -0.3 is 5.73 Å². The third-order valence-corrected chi connectivity index (χ3v) is 3.51. The first-order chi connectivity index (χ1) is 8.04. The van der Waals surface area contributed by atoms with Crippen LogP contribution >= 0.6 is 11.6 Å². The van der Waals surface area contributed by atoms with E-state index in [-0.39, 0.29) is 16.9 Å². The summed E-state index contributed by atoms with van der Waals surface area (Å²) in [6.45, 7) is 4.33. The summed E-state index contributed by atoms with van der Waals surface area (Å²) in [6, 6.07) is 5.00. The number of rotatable bonds is 6. The van der Waals surface area contributed by atoms with Gasteiger partial charge in [-0.25, -0.2) is 4.39 Å². The van der Waals surface area contributed by atoms with Crippen LogP contribution in [0.2, 0.25) is 5.02 Å². The van der Waals surface area contributed by atoms with E-state index in [1.165, 1.54) is 18.9 Å². The summed E-state index contributed by atoms with van der Waals surface area (Å²) in [7, 11) is 0. The molecule has 0 aliphatic carbocycles. The van der Waals surface area contributed by atoms with Crippen LogP contribution in [0.3, 0.4) is 0 Å². The van der Waals surface area contributed by atoms with Crippen molar-refractivity contribution in [2.45, 2.75) is 45.6 Å². The molecular formula is C14H21ClFN. The number of hydrogen-bond donors (Lipinski definition) is 1. The van der Waals surface area contributed by atoms with Crippen LogP contribution in [0.5, 0.6) is 0 Å². The molecule has 1 aromatic rings. The minimum Gasteiger partial charge on any atom is -0.327 e. The van der Waals surface area contributed by atoms with Gasteiger partial charge in [0.2, 0.25) is 0 Å². The molecule has 0 amide bonds. The van der Waals surface area contributed by atoms with E-state index in [1.807, 2.05) is 6.07 Å². The fraction of sp³-hybridized carbons (Fsp3) is 0.571. The minimum absolute atomic E-state index is 0.0853. The molecular weight excluding hydrogens is 237 g/mol. The zero-order chi connectivity index (χ0) is 12.8. The van der Waals surface area contributed by atoms with Crippen LogP contribution in [0.25, 0.3) is 0 Å². The summed E-state index contributed by atoms with van der Waals surface area (Å²) >= 11 is 5.64. The molecule has 1 rings (SSSR count). The van der Waals surface area contributed by atoms with E-state index < -0.39 is 0 Å². The maximum Gasteiger partial charge on any atom is 0.142 e. The monoisotopic (exact) mass is 257 g/mol. The highest BCUT2D eigenvalue weighted by atomic mass is 35.5. The van der Waals surface area contributed by atoms with Crippen molar-refractivity contribution >= 4 is 11.6 Å². The fourth-order valence-corrected chi connectivity index (χ4v) is 2.00. The molecule has 0 heterocycles. The molecule has 2 atom stereocenters. The second-order valence-corrected chi connectivity index (χ2v) is 5.14. The maximum atomic E-state index is 13.3. The molecule has 1 nitrogen and oxygen atoms in total. The lowest BCUT2D eigenvalue weighted by Crippen LogP contribution is -2.30. The van der Waals surface area contributed by atoms with Crippen molar-refractivity contribution in [2.24, 2.45) is 11.7 Å². The fourth-order valence-electron chi connectivity index (χ4n) is 1.88. The normalized spacial score (nSPS) is 14.6. The highest BCUT2D eigenvalue weighted by Crippen LogP contribution is 2.19. The van der Waals surface area contributed by atoms with Gasteiger partial charge in [-0.2, -0.15) is 0 Å². The molecule has 17 heavy (non-hydrogen) atoms. The Kier molecular flexibility index (Phi) is 5.93. The highest BCUT2D eigenvalue weighted by Gasteiger charge is 2.13. The molecule has 0 aliphatic heterocycles. The van der Waals surface area contributed by atoms with Crippen molar-refractivity contribution in [1.82, 2.24) is 0 Å². The van der Waals surface area contributed by atoms with Crippen molar-refractivity contribution in [1.29, 1.82) is 0 Å². The first-order valence-corrected chi connectivity index (χ1v) is 6.62. The van der Waals surface area contributed by atoms with E-state index in [4.69, 9.17) is 17.3 Å². The van der Waals surface area contributed by atoms with E-state index in [1.54, 1.807) is 6.07 Å². The van der Waals surface area contributed by atoms with Crippen molar-refractivity contribution in [2.75, 3.05) is 0 Å². The Morgan fingerprint density at radius 3 is 2.71 bits per heavy atom. The zero-order valence-electron chi connectivity index (χ0n) is 10.5. The summed E-state index contributed by atoms with van der Waals surface area (Å²) in [5, 5.41) is 0.168. The van der Waals surface area contributed by atoms with Gasteiger partial charge in [-0.1, -0.05) is 44.4 Å². The quantitative estimate of drug-likeness (QED) is 0.813. The maximum absolute atomic E-state index is 13.3. The van der Waals surface area contributed by atoms with Gasteiger partial charge in [0.1, 0.15) is 5.82 Å². The molecule has 0 bridgehead atoms. The topological polar surface area (TPSA) is 26.0 Å². The van der Waals surface area contributed by atoms with E-state index >= 15 is 0 Å². The average Bonchev–Trinajstić information content (AvgIpc) is 2.30. The van der Waals surface area contributed by atoms with Crippen LogP contribution in [0.1, 0.15) is 38.7 Å². The molecule has 0 aromatic heterocycles. The smallest absolute Gasteiger partial charge is 0.142 e. The number of hydrogen-bond acceptors (Lipinski definition) is 1. The Balaban J connectivity index is 2.55. The molecule has 0 saturated heterocycles. The van der Waals surface area contributed by atoms with E-state index in [0.717, 1.165) is 12.0 Å². The molecule has 1 aromatic carbocycles. The van der Waals surface area contributed by atoms with Gasteiger partial charge in [-0.3, -0.25) is 0 Å². The molecule has 2 unspecified atom stereocenters. The molecule has 0 aliphatic rings. The van der Waals surface area contributed by atoms with Gasteiger partial charge in [0.05, 0.1) is 5.02 Å². The Hall–Kier alpha value is -0.600. The number of nitrogens with two attached hydrogens (primary N) is 1. The number of halogens is 2. The second kappa shape index (κ2) is 6.97. The van der Waals surface area contributed by atoms with Crippen molar-refractivity contribution in [3.05, 3.63) is 34.6 Å². The summed E-state index contributed by atoms with van der Waals surface area (Å²) in [4.78, 5) is 0.